The number of fused-ring (bicyclic) bond motifs is 1. The van der Waals surface area contributed by atoms with Crippen molar-refractivity contribution < 1.29 is 18.8 Å². The quantitative estimate of drug-likeness (QED) is 0.688. The fourth-order valence-corrected chi connectivity index (χ4v) is 3.44. The second-order valence-electron chi connectivity index (χ2n) is 6.21. The van der Waals surface area contributed by atoms with Crippen LogP contribution < -0.4 is 14.5 Å². The molecule has 0 radical (unpaired) electrons. The Hall–Kier alpha value is -2.51. The minimum absolute atomic E-state index is 0.0724. The SMILES string of the molecule is C[NH+](C)CCN(C(=O)COc1ccccc1)c1nc2ccc(F)cc2s1. The first-order valence-corrected chi connectivity index (χ1v) is 9.18. The van der Waals surface area contributed by atoms with Gasteiger partial charge in [-0.25, -0.2) is 9.37 Å². The van der Waals surface area contributed by atoms with Crippen LogP contribution in [-0.4, -0.2) is 44.7 Å². The lowest BCUT2D eigenvalue weighted by Gasteiger charge is -2.20. The van der Waals surface area contributed by atoms with Crippen molar-refractivity contribution >= 4 is 32.6 Å². The number of quaternary nitrogens is 1. The van der Waals surface area contributed by atoms with Gasteiger partial charge in [-0.1, -0.05) is 29.5 Å². The van der Waals surface area contributed by atoms with E-state index in [0.29, 0.717) is 22.9 Å². The number of nitrogens with zero attached hydrogens (tertiary/aromatic N) is 2. The number of anilines is 1. The molecule has 0 aliphatic heterocycles. The van der Waals surface area contributed by atoms with E-state index < -0.39 is 0 Å². The predicted molar refractivity (Wildman–Crippen MR) is 102 cm³/mol. The highest BCUT2D eigenvalue weighted by Crippen LogP contribution is 2.29. The van der Waals surface area contributed by atoms with Gasteiger partial charge >= 0.3 is 0 Å². The van der Waals surface area contributed by atoms with Gasteiger partial charge in [0.1, 0.15) is 11.6 Å². The Balaban J connectivity index is 1.79. The number of nitrogens with one attached hydrogen (secondary N) is 1. The van der Waals surface area contributed by atoms with Crippen molar-refractivity contribution in [1.29, 1.82) is 0 Å². The molecule has 0 unspecified atom stereocenters. The Kier molecular flexibility index (Phi) is 5.80. The summed E-state index contributed by atoms with van der Waals surface area (Å²) in [6, 6.07) is 13.7. The van der Waals surface area contributed by atoms with E-state index in [4.69, 9.17) is 4.74 Å². The lowest BCUT2D eigenvalue weighted by molar-refractivity contribution is -0.856. The third kappa shape index (κ3) is 4.56. The van der Waals surface area contributed by atoms with Crippen molar-refractivity contribution in [1.82, 2.24) is 4.98 Å². The van der Waals surface area contributed by atoms with Crippen molar-refractivity contribution in [3.05, 3.63) is 54.3 Å². The Morgan fingerprint density at radius 2 is 2.00 bits per heavy atom. The van der Waals surface area contributed by atoms with Crippen LogP contribution in [0.5, 0.6) is 5.75 Å². The maximum Gasteiger partial charge on any atom is 0.266 e. The second kappa shape index (κ2) is 8.25. The summed E-state index contributed by atoms with van der Waals surface area (Å²) in [5.41, 5.74) is 0.686. The molecule has 2 aromatic carbocycles. The maximum absolute atomic E-state index is 13.4. The Morgan fingerprint density at radius 3 is 2.73 bits per heavy atom. The first-order valence-electron chi connectivity index (χ1n) is 8.36. The number of hydrogen-bond donors (Lipinski definition) is 1. The van der Waals surface area contributed by atoms with Crippen LogP contribution in [0, 0.1) is 5.82 Å². The molecule has 0 saturated carbocycles. The van der Waals surface area contributed by atoms with Gasteiger partial charge in [0, 0.05) is 0 Å². The van der Waals surface area contributed by atoms with E-state index in [0.717, 1.165) is 11.2 Å². The normalized spacial score (nSPS) is 11.1. The van der Waals surface area contributed by atoms with Gasteiger partial charge < -0.3 is 9.64 Å². The van der Waals surface area contributed by atoms with Crippen molar-refractivity contribution in [2.45, 2.75) is 0 Å². The first-order chi connectivity index (χ1) is 12.5. The van der Waals surface area contributed by atoms with Crippen molar-refractivity contribution in [2.75, 3.05) is 38.7 Å². The summed E-state index contributed by atoms with van der Waals surface area (Å²) in [4.78, 5) is 20.1. The molecule has 136 valence electrons. The predicted octanol–water partition coefficient (Wildman–Crippen LogP) is 1.99. The summed E-state index contributed by atoms with van der Waals surface area (Å²) in [5.74, 6) is 0.163. The van der Waals surface area contributed by atoms with E-state index in [9.17, 15) is 9.18 Å². The molecular formula is C19H21FN3O2S+. The Bertz CT molecular complexity index is 883. The molecule has 0 aliphatic carbocycles. The van der Waals surface area contributed by atoms with Crippen LogP contribution in [0.3, 0.4) is 0 Å². The van der Waals surface area contributed by atoms with Crippen molar-refractivity contribution in [3.8, 4) is 5.75 Å². The lowest BCUT2D eigenvalue weighted by Crippen LogP contribution is -3.06. The van der Waals surface area contributed by atoms with Crippen LogP contribution in [0.15, 0.2) is 48.5 Å². The van der Waals surface area contributed by atoms with Gasteiger partial charge in [-0.15, -0.1) is 0 Å². The number of hydrogen-bond acceptors (Lipinski definition) is 4. The molecule has 0 atom stereocenters. The largest absolute Gasteiger partial charge is 0.484 e. The number of halogens is 1. The zero-order chi connectivity index (χ0) is 18.5. The minimum atomic E-state index is -0.310. The number of ether oxygens (including phenoxy) is 1. The van der Waals surface area contributed by atoms with E-state index >= 15 is 0 Å². The van der Waals surface area contributed by atoms with E-state index in [1.807, 2.05) is 44.4 Å². The Labute approximate surface area is 155 Å². The number of aromatic nitrogens is 1. The van der Waals surface area contributed by atoms with Gasteiger partial charge in [0.25, 0.3) is 5.91 Å². The van der Waals surface area contributed by atoms with Crippen LogP contribution in [0.2, 0.25) is 0 Å². The molecule has 26 heavy (non-hydrogen) atoms. The molecule has 1 N–H and O–H groups in total. The number of likely N-dealkylation sites (N-methyl/N-ethyl adjacent to an activating group) is 1. The number of carbonyl (C=O) groups excluding carboxylic acids is 1. The highest BCUT2D eigenvalue weighted by Gasteiger charge is 2.21. The van der Waals surface area contributed by atoms with Crippen molar-refractivity contribution in [2.24, 2.45) is 0 Å². The monoisotopic (exact) mass is 374 g/mol. The van der Waals surface area contributed by atoms with Gasteiger partial charge in [0.2, 0.25) is 0 Å². The zero-order valence-corrected chi connectivity index (χ0v) is 15.6. The van der Waals surface area contributed by atoms with Gasteiger partial charge in [0.05, 0.1) is 37.4 Å². The van der Waals surface area contributed by atoms with Gasteiger partial charge in [0.15, 0.2) is 11.7 Å². The first kappa shape index (κ1) is 18.3. The minimum Gasteiger partial charge on any atom is -0.484 e. The smallest absolute Gasteiger partial charge is 0.266 e. The zero-order valence-electron chi connectivity index (χ0n) is 14.7. The number of para-hydroxylation sites is 1. The molecule has 0 saturated heterocycles. The number of rotatable bonds is 7. The van der Waals surface area contributed by atoms with Crippen molar-refractivity contribution in [3.63, 3.8) is 0 Å². The van der Waals surface area contributed by atoms with E-state index in [1.54, 1.807) is 11.0 Å². The molecule has 1 amide bonds. The molecule has 0 bridgehead atoms. The standard InChI is InChI=1S/C19H20FN3O2S/c1-22(2)10-11-23(18(24)13-25-15-6-4-3-5-7-15)19-21-16-9-8-14(20)12-17(16)26-19/h3-9,12H,10-11,13H2,1-2H3/p+1. The number of thiazole rings is 1. The fraction of sp³-hybridized carbons (Fsp3) is 0.263. The topological polar surface area (TPSA) is 46.9 Å². The third-order valence-corrected chi connectivity index (χ3v) is 4.85. The molecule has 0 fully saturated rings. The fourth-order valence-electron chi connectivity index (χ4n) is 2.40. The summed E-state index contributed by atoms with van der Waals surface area (Å²) >= 11 is 1.31. The summed E-state index contributed by atoms with van der Waals surface area (Å²) in [5, 5.41) is 0.563. The van der Waals surface area contributed by atoms with E-state index in [1.165, 1.54) is 28.4 Å². The van der Waals surface area contributed by atoms with E-state index in [-0.39, 0.29) is 18.3 Å². The number of benzene rings is 2. The van der Waals surface area contributed by atoms with Crippen LogP contribution in [-0.2, 0) is 4.79 Å². The van der Waals surface area contributed by atoms with Gasteiger partial charge in [-0.3, -0.25) is 9.69 Å². The molecule has 1 aromatic heterocycles. The second-order valence-corrected chi connectivity index (χ2v) is 7.22. The molecule has 5 nitrogen and oxygen atoms in total. The number of carbonyl (C=O) groups is 1. The van der Waals surface area contributed by atoms with Crippen LogP contribution in [0.1, 0.15) is 0 Å². The van der Waals surface area contributed by atoms with Crippen LogP contribution >= 0.6 is 11.3 Å². The number of amides is 1. The summed E-state index contributed by atoms with van der Waals surface area (Å²) < 4.78 is 19.8. The third-order valence-electron chi connectivity index (χ3n) is 3.81. The average molecular weight is 374 g/mol. The average Bonchev–Trinajstić information content (AvgIpc) is 3.03. The maximum atomic E-state index is 13.4. The summed E-state index contributed by atoms with van der Waals surface area (Å²) in [6.45, 7) is 1.21. The molecule has 7 heteroatoms. The molecule has 3 rings (SSSR count). The lowest BCUT2D eigenvalue weighted by atomic mass is 10.3. The summed E-state index contributed by atoms with van der Waals surface area (Å²) in [7, 11) is 4.05. The highest BCUT2D eigenvalue weighted by atomic mass is 32.1. The molecular weight excluding hydrogens is 353 g/mol. The summed E-state index contributed by atoms with van der Waals surface area (Å²) in [6.07, 6.45) is 0. The molecule has 0 spiro atoms. The Morgan fingerprint density at radius 1 is 1.23 bits per heavy atom. The van der Waals surface area contributed by atoms with E-state index in [2.05, 4.69) is 4.98 Å². The molecule has 3 aromatic rings. The molecule has 0 aliphatic rings. The van der Waals surface area contributed by atoms with Gasteiger partial charge in [-0.05, 0) is 30.3 Å². The highest BCUT2D eigenvalue weighted by molar-refractivity contribution is 7.22. The van der Waals surface area contributed by atoms with Crippen LogP contribution in [0.4, 0.5) is 9.52 Å². The molecule has 1 heterocycles. The van der Waals surface area contributed by atoms with Gasteiger partial charge in [-0.2, -0.15) is 0 Å². The van der Waals surface area contributed by atoms with Crippen LogP contribution in [0.25, 0.3) is 10.2 Å².